The molecule has 208 valence electrons. The highest BCUT2D eigenvalue weighted by molar-refractivity contribution is 5.90. The van der Waals surface area contributed by atoms with Gasteiger partial charge in [0, 0.05) is 11.6 Å². The molecule has 0 heterocycles. The molecule has 1 fully saturated rings. The third-order valence-corrected chi connectivity index (χ3v) is 7.54. The number of aryl methyl sites for hydroxylation is 1. The number of hydrogen-bond donors (Lipinski definition) is 0. The van der Waals surface area contributed by atoms with Crippen molar-refractivity contribution in [2.45, 2.75) is 83.7 Å². The van der Waals surface area contributed by atoms with E-state index in [0.29, 0.717) is 49.2 Å². The first-order chi connectivity index (χ1) is 18.9. The normalized spacial score (nSPS) is 17.2. The summed E-state index contributed by atoms with van der Waals surface area (Å²) in [4.78, 5) is 12.7. The molecule has 0 radical (unpaired) electrons. The van der Waals surface area contributed by atoms with Gasteiger partial charge in [-0.1, -0.05) is 74.6 Å². The van der Waals surface area contributed by atoms with Crippen LogP contribution < -0.4 is 4.74 Å². The molecule has 1 saturated carbocycles. The Labute approximate surface area is 229 Å². The van der Waals surface area contributed by atoms with E-state index in [-0.39, 0.29) is 17.3 Å². The molecule has 0 amide bonds. The van der Waals surface area contributed by atoms with Crippen molar-refractivity contribution in [2.75, 3.05) is 6.61 Å². The molecule has 0 spiro atoms. The summed E-state index contributed by atoms with van der Waals surface area (Å²) in [5.41, 5.74) is 1.85. The van der Waals surface area contributed by atoms with Gasteiger partial charge in [0.2, 0.25) is 0 Å². The summed E-state index contributed by atoms with van der Waals surface area (Å²) in [5.74, 6) is -2.91. The number of esters is 1. The summed E-state index contributed by atoms with van der Waals surface area (Å²) in [6.45, 7) is 4.67. The molecule has 3 aromatic rings. The minimum Gasteiger partial charge on any atom is -0.493 e. The largest absolute Gasteiger partial charge is 0.493 e. The number of carbonyl (C=O) groups excluding carboxylic acids is 1. The van der Waals surface area contributed by atoms with Crippen LogP contribution in [0.15, 0.2) is 54.6 Å². The van der Waals surface area contributed by atoms with Crippen LogP contribution in [-0.4, -0.2) is 18.7 Å². The Bertz CT molecular complexity index is 1250. The molecule has 0 atom stereocenters. The minimum absolute atomic E-state index is 0.00557. The van der Waals surface area contributed by atoms with Crippen molar-refractivity contribution >= 4 is 5.97 Å². The zero-order chi connectivity index (χ0) is 27.8. The molecule has 1 aliphatic carbocycles. The van der Waals surface area contributed by atoms with Crippen LogP contribution in [0.1, 0.15) is 92.1 Å². The van der Waals surface area contributed by atoms with Crippen LogP contribution in [0.5, 0.6) is 5.75 Å². The van der Waals surface area contributed by atoms with Crippen molar-refractivity contribution in [3.8, 4) is 16.9 Å². The van der Waals surface area contributed by atoms with Crippen molar-refractivity contribution < 1.29 is 27.4 Å². The molecule has 3 nitrogen and oxygen atoms in total. The van der Waals surface area contributed by atoms with E-state index in [9.17, 15) is 18.0 Å². The molecule has 0 unspecified atom stereocenters. The molecule has 6 heteroatoms. The lowest BCUT2D eigenvalue weighted by molar-refractivity contribution is 0.0188. The first kappa shape index (κ1) is 28.7. The Kier molecular flexibility index (Phi) is 10.1. The Morgan fingerprint density at radius 3 is 2.26 bits per heavy atom. The summed E-state index contributed by atoms with van der Waals surface area (Å²) in [5, 5.41) is 0. The first-order valence-electron chi connectivity index (χ1n) is 14.1. The molecule has 4 rings (SSSR count). The highest BCUT2D eigenvalue weighted by atomic mass is 19.2. The number of halogens is 3. The number of benzene rings is 3. The quantitative estimate of drug-likeness (QED) is 0.180. The van der Waals surface area contributed by atoms with Gasteiger partial charge >= 0.3 is 5.97 Å². The molecule has 0 aliphatic heterocycles. The van der Waals surface area contributed by atoms with E-state index in [4.69, 9.17) is 9.47 Å². The topological polar surface area (TPSA) is 35.5 Å². The van der Waals surface area contributed by atoms with Gasteiger partial charge in [-0.3, -0.25) is 0 Å². The number of hydrogen-bond acceptors (Lipinski definition) is 3. The predicted octanol–water partition coefficient (Wildman–Crippen LogP) is 9.31. The third-order valence-electron chi connectivity index (χ3n) is 7.54. The van der Waals surface area contributed by atoms with Gasteiger partial charge in [0.05, 0.1) is 12.2 Å². The average molecular weight is 539 g/mol. The molecular formula is C33H37F3O3. The van der Waals surface area contributed by atoms with E-state index < -0.39 is 29.3 Å². The van der Waals surface area contributed by atoms with E-state index in [1.807, 2.05) is 25.1 Å². The number of unbranched alkanes of at least 4 members (excludes halogenated alkanes) is 4. The van der Waals surface area contributed by atoms with Gasteiger partial charge in [0.1, 0.15) is 17.7 Å². The van der Waals surface area contributed by atoms with E-state index in [2.05, 4.69) is 6.92 Å². The van der Waals surface area contributed by atoms with E-state index in [1.54, 1.807) is 18.2 Å². The molecular weight excluding hydrogens is 501 g/mol. The van der Waals surface area contributed by atoms with Gasteiger partial charge < -0.3 is 9.47 Å². The molecule has 0 bridgehead atoms. The fourth-order valence-electron chi connectivity index (χ4n) is 5.19. The highest BCUT2D eigenvalue weighted by Gasteiger charge is 2.28. The fourth-order valence-corrected chi connectivity index (χ4v) is 5.19. The van der Waals surface area contributed by atoms with Gasteiger partial charge in [-0.25, -0.2) is 18.0 Å². The zero-order valence-electron chi connectivity index (χ0n) is 22.8. The van der Waals surface area contributed by atoms with E-state index in [0.717, 1.165) is 18.4 Å². The Balaban J connectivity index is 1.29. The Hall–Kier alpha value is -3.28. The third kappa shape index (κ3) is 7.43. The van der Waals surface area contributed by atoms with Crippen molar-refractivity contribution in [3.63, 3.8) is 0 Å². The van der Waals surface area contributed by atoms with Crippen molar-refractivity contribution in [2.24, 2.45) is 0 Å². The van der Waals surface area contributed by atoms with Crippen molar-refractivity contribution in [1.82, 2.24) is 0 Å². The molecule has 1 aliphatic rings. The van der Waals surface area contributed by atoms with Crippen molar-refractivity contribution in [3.05, 3.63) is 88.7 Å². The van der Waals surface area contributed by atoms with Gasteiger partial charge in [-0.05, 0) is 68.2 Å². The summed E-state index contributed by atoms with van der Waals surface area (Å²) in [7, 11) is 0. The summed E-state index contributed by atoms with van der Waals surface area (Å²) < 4.78 is 55.7. The van der Waals surface area contributed by atoms with Crippen LogP contribution in [0.3, 0.4) is 0 Å². The van der Waals surface area contributed by atoms with Crippen LogP contribution in [0.2, 0.25) is 0 Å². The smallest absolute Gasteiger partial charge is 0.341 e. The zero-order valence-corrected chi connectivity index (χ0v) is 22.8. The van der Waals surface area contributed by atoms with Crippen LogP contribution in [0.25, 0.3) is 11.1 Å². The molecule has 0 N–H and O–H groups in total. The standard InChI is InChI=1S/C33H37F3O3/c1-3-4-5-6-7-20-38-26-16-17-27(30(34)21-26)23-12-14-25(15-13-23)39-33(37)29-19-18-28(31(35)32(29)36)24-10-8-22(2)9-11-24/h8-11,16-19,21,23,25H,3-7,12-15,20H2,1-2H3. The lowest BCUT2D eigenvalue weighted by Crippen LogP contribution is -2.25. The Morgan fingerprint density at radius 2 is 1.56 bits per heavy atom. The summed E-state index contributed by atoms with van der Waals surface area (Å²) in [6, 6.07) is 14.8. The summed E-state index contributed by atoms with van der Waals surface area (Å²) in [6.07, 6.45) is 7.58. The van der Waals surface area contributed by atoms with Crippen molar-refractivity contribution in [1.29, 1.82) is 0 Å². The second kappa shape index (κ2) is 13.7. The SMILES string of the molecule is CCCCCCCOc1ccc(C2CCC(OC(=O)c3ccc(-c4ccc(C)cc4)c(F)c3F)CC2)c(F)c1. The van der Waals surface area contributed by atoms with Crippen LogP contribution in [0, 0.1) is 24.4 Å². The lowest BCUT2D eigenvalue weighted by Gasteiger charge is -2.29. The maximum atomic E-state index is 14.9. The average Bonchev–Trinajstić information content (AvgIpc) is 2.93. The maximum Gasteiger partial charge on any atom is 0.341 e. The predicted molar refractivity (Wildman–Crippen MR) is 148 cm³/mol. The number of ether oxygens (including phenoxy) is 2. The van der Waals surface area contributed by atoms with E-state index in [1.165, 1.54) is 37.5 Å². The molecule has 0 saturated heterocycles. The van der Waals surface area contributed by atoms with Crippen LogP contribution in [-0.2, 0) is 4.74 Å². The summed E-state index contributed by atoms with van der Waals surface area (Å²) >= 11 is 0. The van der Waals surface area contributed by atoms with Gasteiger partial charge in [-0.15, -0.1) is 0 Å². The monoisotopic (exact) mass is 538 g/mol. The van der Waals surface area contributed by atoms with E-state index >= 15 is 0 Å². The molecule has 3 aromatic carbocycles. The highest BCUT2D eigenvalue weighted by Crippen LogP contribution is 2.37. The number of carbonyl (C=O) groups is 1. The van der Waals surface area contributed by atoms with Crippen LogP contribution >= 0.6 is 0 Å². The Morgan fingerprint density at radius 1 is 0.846 bits per heavy atom. The maximum absolute atomic E-state index is 14.9. The minimum atomic E-state index is -1.21. The van der Waals surface area contributed by atoms with Gasteiger partial charge in [-0.2, -0.15) is 0 Å². The fraction of sp³-hybridized carbons (Fsp3) is 0.424. The van der Waals surface area contributed by atoms with Crippen LogP contribution in [0.4, 0.5) is 13.2 Å². The number of rotatable bonds is 11. The lowest BCUT2D eigenvalue weighted by atomic mass is 9.82. The van der Waals surface area contributed by atoms with Gasteiger partial charge in [0.15, 0.2) is 11.6 Å². The van der Waals surface area contributed by atoms with Gasteiger partial charge in [0.25, 0.3) is 0 Å². The molecule has 39 heavy (non-hydrogen) atoms. The first-order valence-corrected chi connectivity index (χ1v) is 14.1. The molecule has 0 aromatic heterocycles. The second-order valence-electron chi connectivity index (χ2n) is 10.5. The second-order valence-corrected chi connectivity index (χ2v) is 10.5.